The standard InChI is InChI=1S/C14H11N3O3S/c18-12-4-8(14-15-1-2-21-14)7-3-11-10(5-9(7)16-12)17-13(19)6-20-11/h1-3,5,8H,4,6H2,(H,16,18)(H,17,19)/t8-/m0/s1. The Kier molecular flexibility index (Phi) is 2.68. The van der Waals surface area contributed by atoms with Gasteiger partial charge in [-0.2, -0.15) is 0 Å². The van der Waals surface area contributed by atoms with Crippen LogP contribution in [0.3, 0.4) is 0 Å². The predicted octanol–water partition coefficient (Wildman–Crippen LogP) is 1.95. The average Bonchev–Trinajstić information content (AvgIpc) is 2.98. The van der Waals surface area contributed by atoms with Gasteiger partial charge in [0.25, 0.3) is 5.91 Å². The van der Waals surface area contributed by atoms with E-state index in [0.29, 0.717) is 23.5 Å². The van der Waals surface area contributed by atoms with Gasteiger partial charge in [-0.05, 0) is 17.7 Å². The van der Waals surface area contributed by atoms with Gasteiger partial charge in [-0.3, -0.25) is 9.59 Å². The summed E-state index contributed by atoms with van der Waals surface area (Å²) < 4.78 is 5.45. The van der Waals surface area contributed by atoms with Crippen molar-refractivity contribution in [1.29, 1.82) is 0 Å². The second kappa shape index (κ2) is 4.56. The van der Waals surface area contributed by atoms with Gasteiger partial charge in [-0.15, -0.1) is 11.3 Å². The van der Waals surface area contributed by atoms with Crippen LogP contribution in [0.15, 0.2) is 23.7 Å². The smallest absolute Gasteiger partial charge is 0.262 e. The summed E-state index contributed by atoms with van der Waals surface area (Å²) in [6.45, 7) is 0.0140. The van der Waals surface area contributed by atoms with Crippen molar-refractivity contribution in [1.82, 2.24) is 4.98 Å². The maximum absolute atomic E-state index is 11.9. The molecule has 0 fully saturated rings. The number of rotatable bonds is 1. The fourth-order valence-electron chi connectivity index (χ4n) is 2.66. The lowest BCUT2D eigenvalue weighted by atomic mass is 9.90. The minimum atomic E-state index is -0.193. The molecule has 2 amide bonds. The molecule has 0 radical (unpaired) electrons. The third-order valence-corrected chi connectivity index (χ3v) is 4.46. The molecular weight excluding hydrogens is 290 g/mol. The molecular formula is C14H11N3O3S. The number of hydrogen-bond acceptors (Lipinski definition) is 5. The number of carbonyl (C=O) groups is 2. The lowest BCUT2D eigenvalue weighted by Crippen LogP contribution is -2.28. The molecule has 2 aliphatic rings. The maximum Gasteiger partial charge on any atom is 0.262 e. The molecule has 0 unspecified atom stereocenters. The van der Waals surface area contributed by atoms with Gasteiger partial charge in [0.1, 0.15) is 10.8 Å². The molecule has 1 aromatic carbocycles. The molecule has 2 aliphatic heterocycles. The zero-order valence-electron chi connectivity index (χ0n) is 10.9. The third kappa shape index (κ3) is 2.06. The summed E-state index contributed by atoms with van der Waals surface area (Å²) in [5, 5.41) is 8.40. The van der Waals surface area contributed by atoms with Crippen LogP contribution in [0.1, 0.15) is 22.9 Å². The number of amides is 2. The van der Waals surface area contributed by atoms with Gasteiger partial charge in [0.15, 0.2) is 6.61 Å². The van der Waals surface area contributed by atoms with Crippen molar-refractivity contribution in [2.45, 2.75) is 12.3 Å². The van der Waals surface area contributed by atoms with Crippen molar-refractivity contribution >= 4 is 34.5 Å². The molecule has 0 spiro atoms. The zero-order chi connectivity index (χ0) is 14.4. The van der Waals surface area contributed by atoms with Crippen molar-refractivity contribution in [2.24, 2.45) is 0 Å². The molecule has 2 aromatic rings. The highest BCUT2D eigenvalue weighted by Crippen LogP contribution is 2.43. The lowest BCUT2D eigenvalue weighted by Gasteiger charge is -2.27. The molecule has 0 saturated carbocycles. The Morgan fingerprint density at radius 3 is 2.86 bits per heavy atom. The topological polar surface area (TPSA) is 80.3 Å². The SMILES string of the molecule is O=C1COc2cc3c(cc2N1)NC(=O)C[C@@H]3c1nccs1. The molecule has 0 bridgehead atoms. The van der Waals surface area contributed by atoms with Crippen molar-refractivity contribution in [2.75, 3.05) is 17.2 Å². The molecule has 0 saturated heterocycles. The Bertz CT molecular complexity index is 742. The van der Waals surface area contributed by atoms with Crippen LogP contribution in [0.2, 0.25) is 0 Å². The number of nitrogens with zero attached hydrogens (tertiary/aromatic N) is 1. The van der Waals surface area contributed by atoms with Crippen molar-refractivity contribution in [3.8, 4) is 5.75 Å². The molecule has 4 rings (SSSR count). The van der Waals surface area contributed by atoms with E-state index in [0.717, 1.165) is 10.6 Å². The van der Waals surface area contributed by atoms with Gasteiger partial charge in [-0.1, -0.05) is 0 Å². The number of ether oxygens (including phenoxy) is 1. The summed E-state index contributed by atoms with van der Waals surface area (Å²) in [6.07, 6.45) is 2.10. The Labute approximate surface area is 124 Å². The molecule has 106 valence electrons. The number of nitrogens with one attached hydrogen (secondary N) is 2. The van der Waals surface area contributed by atoms with Gasteiger partial charge in [0.05, 0.1) is 5.69 Å². The molecule has 6 nitrogen and oxygen atoms in total. The fourth-order valence-corrected chi connectivity index (χ4v) is 3.42. The van der Waals surface area contributed by atoms with Gasteiger partial charge in [0, 0.05) is 29.6 Å². The van der Waals surface area contributed by atoms with E-state index in [2.05, 4.69) is 15.6 Å². The zero-order valence-corrected chi connectivity index (χ0v) is 11.7. The molecule has 21 heavy (non-hydrogen) atoms. The molecule has 7 heteroatoms. The van der Waals surface area contributed by atoms with Crippen LogP contribution in [0.25, 0.3) is 0 Å². The summed E-state index contributed by atoms with van der Waals surface area (Å²) in [6, 6.07) is 3.63. The number of hydrogen-bond donors (Lipinski definition) is 2. The van der Waals surface area contributed by atoms with Crippen LogP contribution in [0.4, 0.5) is 11.4 Å². The highest BCUT2D eigenvalue weighted by molar-refractivity contribution is 7.09. The van der Waals surface area contributed by atoms with Crippen molar-refractivity contribution in [3.05, 3.63) is 34.3 Å². The second-order valence-electron chi connectivity index (χ2n) is 4.95. The minimum Gasteiger partial charge on any atom is -0.482 e. The van der Waals surface area contributed by atoms with Crippen LogP contribution < -0.4 is 15.4 Å². The van der Waals surface area contributed by atoms with Gasteiger partial charge < -0.3 is 15.4 Å². The quantitative estimate of drug-likeness (QED) is 0.843. The molecule has 1 aromatic heterocycles. The van der Waals surface area contributed by atoms with Crippen molar-refractivity contribution in [3.63, 3.8) is 0 Å². The van der Waals surface area contributed by atoms with Crippen LogP contribution >= 0.6 is 11.3 Å². The highest BCUT2D eigenvalue weighted by Gasteiger charge is 2.30. The molecule has 0 aliphatic carbocycles. The first-order valence-corrected chi connectivity index (χ1v) is 7.38. The summed E-state index contributed by atoms with van der Waals surface area (Å²) in [5.41, 5.74) is 2.26. The summed E-state index contributed by atoms with van der Waals surface area (Å²) >= 11 is 1.53. The largest absolute Gasteiger partial charge is 0.482 e. The first-order chi connectivity index (χ1) is 10.2. The number of thiazole rings is 1. The average molecular weight is 301 g/mol. The molecule has 3 heterocycles. The normalized spacial score (nSPS) is 19.9. The van der Waals surface area contributed by atoms with E-state index >= 15 is 0 Å². The number of benzene rings is 1. The summed E-state index contributed by atoms with van der Waals surface area (Å²) in [7, 11) is 0. The number of carbonyl (C=O) groups excluding carboxylic acids is 2. The van der Waals surface area contributed by atoms with Gasteiger partial charge >= 0.3 is 0 Å². The Hall–Kier alpha value is -2.41. The second-order valence-corrected chi connectivity index (χ2v) is 5.87. The van der Waals surface area contributed by atoms with E-state index in [4.69, 9.17) is 4.74 Å². The first kappa shape index (κ1) is 12.3. The van der Waals surface area contributed by atoms with Crippen LogP contribution in [0.5, 0.6) is 5.75 Å². The third-order valence-electron chi connectivity index (χ3n) is 3.57. The summed E-state index contributed by atoms with van der Waals surface area (Å²) in [5.74, 6) is 0.318. The highest BCUT2D eigenvalue weighted by atomic mass is 32.1. The number of anilines is 2. The Morgan fingerprint density at radius 1 is 1.19 bits per heavy atom. The van der Waals surface area contributed by atoms with E-state index in [9.17, 15) is 9.59 Å². The van der Waals surface area contributed by atoms with Gasteiger partial charge in [-0.25, -0.2) is 4.98 Å². The summed E-state index contributed by atoms with van der Waals surface area (Å²) in [4.78, 5) is 27.6. The first-order valence-electron chi connectivity index (χ1n) is 6.50. The fraction of sp³-hybridized carbons (Fsp3) is 0.214. The number of aromatic nitrogens is 1. The van der Waals surface area contributed by atoms with Crippen LogP contribution in [-0.2, 0) is 9.59 Å². The van der Waals surface area contributed by atoms with Crippen LogP contribution in [-0.4, -0.2) is 23.4 Å². The minimum absolute atomic E-state index is 0.0140. The number of fused-ring (bicyclic) bond motifs is 2. The monoisotopic (exact) mass is 301 g/mol. The molecule has 1 atom stereocenters. The molecule has 2 N–H and O–H groups in total. The van der Waals surface area contributed by atoms with E-state index < -0.39 is 0 Å². The Balaban J connectivity index is 1.84. The van der Waals surface area contributed by atoms with E-state index in [1.165, 1.54) is 11.3 Å². The van der Waals surface area contributed by atoms with E-state index in [-0.39, 0.29) is 24.3 Å². The lowest BCUT2D eigenvalue weighted by molar-refractivity contribution is -0.118. The van der Waals surface area contributed by atoms with Crippen LogP contribution in [0, 0.1) is 0 Å². The maximum atomic E-state index is 11.9. The van der Waals surface area contributed by atoms with Crippen molar-refractivity contribution < 1.29 is 14.3 Å². The van der Waals surface area contributed by atoms with Gasteiger partial charge in [0.2, 0.25) is 5.91 Å². The Morgan fingerprint density at radius 2 is 2.05 bits per heavy atom. The predicted molar refractivity (Wildman–Crippen MR) is 77.8 cm³/mol. The van der Waals surface area contributed by atoms with E-state index in [1.54, 1.807) is 12.3 Å². The van der Waals surface area contributed by atoms with E-state index in [1.807, 2.05) is 11.4 Å².